The van der Waals surface area contributed by atoms with Crippen LogP contribution in [0.3, 0.4) is 0 Å². The highest BCUT2D eigenvalue weighted by Gasteiger charge is 2.15. The minimum absolute atomic E-state index is 0.254. The van der Waals surface area contributed by atoms with E-state index in [1.807, 2.05) is 25.7 Å². The fourth-order valence-corrected chi connectivity index (χ4v) is 1.16. The van der Waals surface area contributed by atoms with Gasteiger partial charge in [-0.1, -0.05) is 0 Å². The molecule has 7 heteroatoms. The summed E-state index contributed by atoms with van der Waals surface area (Å²) >= 11 is 0. The molecule has 1 rings (SSSR count). The Balaban J connectivity index is 2.70. The number of rotatable bonds is 3. The molecule has 0 spiro atoms. The molecule has 80 valence electrons. The first kappa shape index (κ1) is 11.4. The van der Waals surface area contributed by atoms with Gasteiger partial charge in [0.1, 0.15) is 12.3 Å². The predicted molar refractivity (Wildman–Crippen MR) is 57.7 cm³/mol. The van der Waals surface area contributed by atoms with Gasteiger partial charge >= 0.3 is 0 Å². The summed E-state index contributed by atoms with van der Waals surface area (Å²) in [6.07, 6.45) is 1.42. The average Bonchev–Trinajstić information content (AvgIpc) is 2.44. The third-order valence-corrected chi connectivity index (χ3v) is 2.03. The highest BCUT2D eigenvalue weighted by atomic mass is 28.4. The maximum Gasteiger partial charge on any atom is 0.278 e. The smallest absolute Gasteiger partial charge is 0.278 e. The zero-order chi connectivity index (χ0) is 11.5. The number of aryl methyl sites for hydroxylation is 1. The summed E-state index contributed by atoms with van der Waals surface area (Å²) in [4.78, 5) is 3.92. The van der Waals surface area contributed by atoms with Crippen LogP contribution in [0.5, 0.6) is 0 Å². The number of hydrogen-bond donors (Lipinski definition) is 0. The Kier molecular flexibility index (Phi) is 3.21. The Hall–Kier alpha value is -1.68. The van der Waals surface area contributed by atoms with Crippen LogP contribution in [0.1, 0.15) is 11.6 Å². The average molecular weight is 223 g/mol. The Morgan fingerprint density at radius 1 is 1.53 bits per heavy atom. The third-order valence-electron chi connectivity index (χ3n) is 1.37. The molecule has 0 saturated heterocycles. The van der Waals surface area contributed by atoms with Gasteiger partial charge in [-0.3, -0.25) is 0 Å². The van der Waals surface area contributed by atoms with Crippen LogP contribution in [0.2, 0.25) is 19.6 Å². The van der Waals surface area contributed by atoms with Crippen LogP contribution in [0.15, 0.2) is 5.16 Å². The zero-order valence-corrected chi connectivity index (χ0v) is 10.2. The normalized spacial score (nSPS) is 11.7. The van der Waals surface area contributed by atoms with Crippen molar-refractivity contribution in [2.45, 2.75) is 19.6 Å². The number of aromatic nitrogens is 3. The lowest BCUT2D eigenvalue weighted by Gasteiger charge is -2.11. The van der Waals surface area contributed by atoms with Crippen molar-refractivity contribution in [2.75, 3.05) is 0 Å². The van der Waals surface area contributed by atoms with Crippen molar-refractivity contribution in [1.82, 2.24) is 14.8 Å². The third kappa shape index (κ3) is 3.51. The van der Waals surface area contributed by atoms with E-state index in [2.05, 4.69) is 15.2 Å². The number of nitrogens with zero attached hydrogens (tertiary/aromatic N) is 5. The van der Waals surface area contributed by atoms with Crippen molar-refractivity contribution < 1.29 is 4.53 Å². The van der Waals surface area contributed by atoms with Crippen molar-refractivity contribution in [1.29, 1.82) is 5.26 Å². The summed E-state index contributed by atoms with van der Waals surface area (Å²) < 4.78 is 6.65. The van der Waals surface area contributed by atoms with Gasteiger partial charge in [0.15, 0.2) is 5.82 Å². The molecule has 1 aromatic rings. The first-order chi connectivity index (χ1) is 6.92. The van der Waals surface area contributed by atoms with Gasteiger partial charge in [0, 0.05) is 7.05 Å². The van der Waals surface area contributed by atoms with Gasteiger partial charge in [0.25, 0.3) is 8.32 Å². The Labute approximate surface area is 89.3 Å². The molecule has 0 aromatic carbocycles. The summed E-state index contributed by atoms with van der Waals surface area (Å²) in [5.74, 6) is 0.636. The standard InChI is InChI=1S/C8H13N5OSi/c1-13-8(5-9)11-7(12-13)6-10-14-15(2,3)4/h6H,1-4H3. The van der Waals surface area contributed by atoms with E-state index in [-0.39, 0.29) is 5.82 Å². The molecule has 0 bridgehead atoms. The lowest BCUT2D eigenvalue weighted by atomic mass is 10.6. The second-order valence-corrected chi connectivity index (χ2v) is 8.37. The minimum atomic E-state index is -1.65. The van der Waals surface area contributed by atoms with Crippen molar-refractivity contribution >= 4 is 14.5 Å². The van der Waals surface area contributed by atoms with E-state index in [0.29, 0.717) is 5.82 Å². The van der Waals surface area contributed by atoms with Crippen LogP contribution in [-0.4, -0.2) is 29.3 Å². The molecule has 0 aliphatic rings. The van der Waals surface area contributed by atoms with Crippen molar-refractivity contribution in [2.24, 2.45) is 12.2 Å². The highest BCUT2D eigenvalue weighted by Crippen LogP contribution is 2.02. The number of nitriles is 1. The maximum atomic E-state index is 8.64. The summed E-state index contributed by atoms with van der Waals surface area (Å²) in [5, 5.41) is 16.4. The summed E-state index contributed by atoms with van der Waals surface area (Å²) in [6.45, 7) is 6.07. The molecule has 0 fully saturated rings. The van der Waals surface area contributed by atoms with Gasteiger partial charge in [0.05, 0.1) is 0 Å². The van der Waals surface area contributed by atoms with E-state index in [9.17, 15) is 0 Å². The van der Waals surface area contributed by atoms with E-state index in [4.69, 9.17) is 9.79 Å². The summed E-state index contributed by atoms with van der Waals surface area (Å²) in [7, 11) is 0.00357. The van der Waals surface area contributed by atoms with E-state index in [1.165, 1.54) is 10.9 Å². The van der Waals surface area contributed by atoms with Crippen LogP contribution < -0.4 is 0 Å². The molecule has 0 atom stereocenters. The zero-order valence-electron chi connectivity index (χ0n) is 9.22. The van der Waals surface area contributed by atoms with E-state index >= 15 is 0 Å². The monoisotopic (exact) mass is 223 g/mol. The number of hydrogen-bond acceptors (Lipinski definition) is 5. The van der Waals surface area contributed by atoms with Crippen LogP contribution in [-0.2, 0) is 11.6 Å². The van der Waals surface area contributed by atoms with Gasteiger partial charge in [-0.2, -0.15) is 10.2 Å². The second kappa shape index (κ2) is 4.23. The predicted octanol–water partition coefficient (Wildman–Crippen LogP) is 0.872. The van der Waals surface area contributed by atoms with Gasteiger partial charge in [-0.05, 0) is 19.6 Å². The Morgan fingerprint density at radius 2 is 2.20 bits per heavy atom. The van der Waals surface area contributed by atoms with Crippen LogP contribution in [0, 0.1) is 11.3 Å². The van der Waals surface area contributed by atoms with E-state index < -0.39 is 8.32 Å². The molecule has 0 amide bonds. The second-order valence-electron chi connectivity index (χ2n) is 3.97. The molecule has 1 heterocycles. The minimum Gasteiger partial charge on any atom is -0.456 e. The molecule has 0 aliphatic heterocycles. The van der Waals surface area contributed by atoms with Gasteiger partial charge < -0.3 is 4.53 Å². The SMILES string of the molecule is Cn1nc(C=NO[Si](C)(C)C)nc1C#N. The molecular weight excluding hydrogens is 210 g/mol. The molecule has 1 aromatic heterocycles. The molecule has 0 aliphatic carbocycles. The molecule has 6 nitrogen and oxygen atoms in total. The lowest BCUT2D eigenvalue weighted by Crippen LogP contribution is -2.22. The molecule has 0 saturated carbocycles. The fourth-order valence-electron chi connectivity index (χ4n) is 0.788. The van der Waals surface area contributed by atoms with Crippen molar-refractivity contribution in [3.05, 3.63) is 11.6 Å². The summed E-state index contributed by atoms with van der Waals surface area (Å²) in [6, 6.07) is 1.92. The first-order valence-electron chi connectivity index (χ1n) is 4.45. The van der Waals surface area contributed by atoms with Crippen LogP contribution in [0.25, 0.3) is 0 Å². The quantitative estimate of drug-likeness (QED) is 0.433. The molecular formula is C8H13N5OSi. The van der Waals surface area contributed by atoms with Crippen molar-refractivity contribution in [3.63, 3.8) is 0 Å². The maximum absolute atomic E-state index is 8.64. The van der Waals surface area contributed by atoms with E-state index in [0.717, 1.165) is 0 Å². The number of oxime groups is 1. The Morgan fingerprint density at radius 3 is 2.67 bits per heavy atom. The molecule has 0 radical (unpaired) electrons. The van der Waals surface area contributed by atoms with E-state index in [1.54, 1.807) is 7.05 Å². The Bertz CT molecular complexity index is 412. The molecule has 0 unspecified atom stereocenters. The van der Waals surface area contributed by atoms with Crippen molar-refractivity contribution in [3.8, 4) is 6.07 Å². The first-order valence-corrected chi connectivity index (χ1v) is 7.86. The topological polar surface area (TPSA) is 76.1 Å². The van der Waals surface area contributed by atoms with Crippen LogP contribution >= 0.6 is 0 Å². The van der Waals surface area contributed by atoms with Gasteiger partial charge in [-0.25, -0.2) is 4.68 Å². The van der Waals surface area contributed by atoms with Gasteiger partial charge in [0.2, 0.25) is 5.82 Å². The van der Waals surface area contributed by atoms with Crippen LogP contribution in [0.4, 0.5) is 0 Å². The lowest BCUT2D eigenvalue weighted by molar-refractivity contribution is 0.337. The molecule has 15 heavy (non-hydrogen) atoms. The van der Waals surface area contributed by atoms with Gasteiger partial charge in [-0.15, -0.1) is 10.3 Å². The fraction of sp³-hybridized carbons (Fsp3) is 0.500. The molecule has 0 N–H and O–H groups in total. The summed E-state index contributed by atoms with van der Waals surface area (Å²) in [5.41, 5.74) is 0. The largest absolute Gasteiger partial charge is 0.456 e. The highest BCUT2D eigenvalue weighted by molar-refractivity contribution is 6.69.